The third-order valence-electron chi connectivity index (χ3n) is 3.75. The van der Waals surface area contributed by atoms with Crippen LogP contribution in [-0.4, -0.2) is 34.6 Å². The van der Waals surface area contributed by atoms with Gasteiger partial charge in [-0.25, -0.2) is 4.79 Å². The first-order valence-corrected chi connectivity index (χ1v) is 8.58. The quantitative estimate of drug-likeness (QED) is 0.839. The van der Waals surface area contributed by atoms with Gasteiger partial charge in [0.25, 0.3) is 0 Å². The van der Waals surface area contributed by atoms with Crippen LogP contribution in [0.15, 0.2) is 38.4 Å². The van der Waals surface area contributed by atoms with E-state index in [4.69, 9.17) is 9.15 Å². The largest absolute Gasteiger partial charge is 0.437 e. The predicted molar refractivity (Wildman–Crippen MR) is 90.2 cm³/mol. The molecule has 0 fully saturated rings. The molecule has 1 atom stereocenters. The monoisotopic (exact) mass is 349 g/mol. The third kappa shape index (κ3) is 3.54. The first-order valence-electron chi connectivity index (χ1n) is 7.70. The number of thioether (sulfide) groups is 1. The average molecular weight is 349 g/mol. The number of hydrogen-bond donors (Lipinski definition) is 0. The first kappa shape index (κ1) is 16.8. The van der Waals surface area contributed by atoms with Crippen LogP contribution in [0.25, 0.3) is 0 Å². The van der Waals surface area contributed by atoms with Gasteiger partial charge in [0.15, 0.2) is 0 Å². The number of nitrogens with zero attached hydrogens (tertiary/aromatic N) is 3. The SMILES string of the molecule is COCc1nn(CC(=O)N2CC[C@@H](C)Sc3ccccc32)c(=O)o1. The van der Waals surface area contributed by atoms with E-state index in [1.165, 1.54) is 7.11 Å². The smallest absolute Gasteiger partial charge is 0.390 e. The fraction of sp³-hybridized carbons (Fsp3) is 0.438. The van der Waals surface area contributed by atoms with Gasteiger partial charge >= 0.3 is 5.76 Å². The summed E-state index contributed by atoms with van der Waals surface area (Å²) in [5.74, 6) is -0.673. The summed E-state index contributed by atoms with van der Waals surface area (Å²) >= 11 is 1.76. The van der Waals surface area contributed by atoms with Crippen molar-refractivity contribution in [3.05, 3.63) is 40.7 Å². The molecule has 0 radical (unpaired) electrons. The third-order valence-corrected chi connectivity index (χ3v) is 4.98. The summed E-state index contributed by atoms with van der Waals surface area (Å²) in [6.07, 6.45) is 0.883. The molecule has 2 aromatic rings. The van der Waals surface area contributed by atoms with Gasteiger partial charge in [-0.3, -0.25) is 4.79 Å². The second-order valence-electron chi connectivity index (χ2n) is 5.58. The highest BCUT2D eigenvalue weighted by Gasteiger charge is 2.25. The number of carbonyl (C=O) groups is 1. The van der Waals surface area contributed by atoms with E-state index in [-0.39, 0.29) is 24.9 Å². The summed E-state index contributed by atoms with van der Waals surface area (Å²) in [4.78, 5) is 27.4. The molecule has 7 nitrogen and oxygen atoms in total. The Morgan fingerprint density at radius 1 is 1.46 bits per heavy atom. The Bertz CT molecular complexity index is 786. The highest BCUT2D eigenvalue weighted by molar-refractivity contribution is 8.00. The Balaban J connectivity index is 1.83. The number of methoxy groups -OCH3 is 1. The number of anilines is 1. The van der Waals surface area contributed by atoms with Crippen LogP contribution in [0.4, 0.5) is 5.69 Å². The summed E-state index contributed by atoms with van der Waals surface area (Å²) < 4.78 is 10.9. The van der Waals surface area contributed by atoms with Crippen LogP contribution >= 0.6 is 11.8 Å². The highest BCUT2D eigenvalue weighted by Crippen LogP contribution is 2.37. The molecule has 0 aliphatic carbocycles. The number of rotatable bonds is 4. The number of para-hydroxylation sites is 1. The normalized spacial score (nSPS) is 17.4. The summed E-state index contributed by atoms with van der Waals surface area (Å²) in [7, 11) is 1.48. The Morgan fingerprint density at radius 3 is 3.04 bits per heavy atom. The summed E-state index contributed by atoms with van der Waals surface area (Å²) in [6, 6.07) is 7.82. The molecule has 0 unspecified atom stereocenters. The van der Waals surface area contributed by atoms with E-state index in [0.717, 1.165) is 21.7 Å². The predicted octanol–water partition coefficient (Wildman–Crippen LogP) is 1.90. The van der Waals surface area contributed by atoms with E-state index < -0.39 is 5.76 Å². The minimum atomic E-state index is -0.652. The maximum atomic E-state index is 12.8. The Labute approximate surface area is 143 Å². The zero-order valence-electron chi connectivity index (χ0n) is 13.6. The van der Waals surface area contributed by atoms with E-state index in [2.05, 4.69) is 12.0 Å². The van der Waals surface area contributed by atoms with Crippen LogP contribution in [0.1, 0.15) is 19.2 Å². The molecular formula is C16H19N3O4S. The van der Waals surface area contributed by atoms with Crippen molar-refractivity contribution in [2.75, 3.05) is 18.6 Å². The van der Waals surface area contributed by atoms with E-state index in [1.54, 1.807) is 16.7 Å². The number of amides is 1. The van der Waals surface area contributed by atoms with Crippen molar-refractivity contribution in [3.8, 4) is 0 Å². The second-order valence-corrected chi connectivity index (χ2v) is 7.06. The van der Waals surface area contributed by atoms with E-state index in [0.29, 0.717) is 11.8 Å². The number of hydrogen-bond acceptors (Lipinski definition) is 6. The molecule has 0 saturated heterocycles. The standard InChI is InChI=1S/C16H19N3O4S/c1-11-7-8-18(12-5-3-4-6-13(12)24-11)15(20)9-19-16(21)23-14(17-19)10-22-2/h3-6,11H,7-10H2,1-2H3/t11-/m1/s1. The molecule has 0 saturated carbocycles. The summed E-state index contributed by atoms with van der Waals surface area (Å²) in [5.41, 5.74) is 0.880. The van der Waals surface area contributed by atoms with Gasteiger partial charge in [0.1, 0.15) is 13.2 Å². The van der Waals surface area contributed by atoms with E-state index >= 15 is 0 Å². The van der Waals surface area contributed by atoms with Gasteiger partial charge in [0.2, 0.25) is 11.8 Å². The Morgan fingerprint density at radius 2 is 2.25 bits per heavy atom. The zero-order valence-corrected chi connectivity index (χ0v) is 14.4. The van der Waals surface area contributed by atoms with Crippen molar-refractivity contribution < 1.29 is 13.9 Å². The fourth-order valence-electron chi connectivity index (χ4n) is 2.59. The van der Waals surface area contributed by atoms with Gasteiger partial charge in [-0.15, -0.1) is 16.9 Å². The fourth-order valence-corrected chi connectivity index (χ4v) is 3.70. The number of benzene rings is 1. The number of ether oxygens (including phenoxy) is 1. The molecule has 1 amide bonds. The molecule has 2 heterocycles. The van der Waals surface area contributed by atoms with Crippen LogP contribution in [0.5, 0.6) is 0 Å². The van der Waals surface area contributed by atoms with Crippen LogP contribution in [0, 0.1) is 0 Å². The number of fused-ring (bicyclic) bond motifs is 1. The van der Waals surface area contributed by atoms with E-state index in [1.807, 2.05) is 24.3 Å². The minimum absolute atomic E-state index is 0.0944. The molecule has 24 heavy (non-hydrogen) atoms. The lowest BCUT2D eigenvalue weighted by Gasteiger charge is -2.22. The Hall–Kier alpha value is -2.06. The molecule has 8 heteroatoms. The van der Waals surface area contributed by atoms with Gasteiger partial charge in [-0.05, 0) is 18.6 Å². The maximum Gasteiger partial charge on any atom is 0.437 e. The lowest BCUT2D eigenvalue weighted by molar-refractivity contribution is -0.119. The molecule has 0 bridgehead atoms. The summed E-state index contributed by atoms with van der Waals surface area (Å²) in [6.45, 7) is 2.70. The van der Waals surface area contributed by atoms with Gasteiger partial charge in [-0.1, -0.05) is 19.1 Å². The second kappa shape index (κ2) is 7.23. The number of carbonyl (C=O) groups excluding carboxylic acids is 1. The van der Waals surface area contributed by atoms with Crippen molar-refractivity contribution >= 4 is 23.4 Å². The lowest BCUT2D eigenvalue weighted by Crippen LogP contribution is -2.37. The first-order chi connectivity index (χ1) is 11.6. The number of aromatic nitrogens is 2. The highest BCUT2D eigenvalue weighted by atomic mass is 32.2. The molecule has 128 valence electrons. The van der Waals surface area contributed by atoms with Crippen LogP contribution in [-0.2, 0) is 22.7 Å². The molecule has 0 N–H and O–H groups in total. The maximum absolute atomic E-state index is 12.8. The Kier molecular flexibility index (Phi) is 5.06. The molecule has 3 rings (SSSR count). The van der Waals surface area contributed by atoms with Gasteiger partial charge < -0.3 is 14.1 Å². The molecule has 0 spiro atoms. The lowest BCUT2D eigenvalue weighted by atomic mass is 10.2. The van der Waals surface area contributed by atoms with Crippen LogP contribution in [0.3, 0.4) is 0 Å². The zero-order chi connectivity index (χ0) is 17.1. The van der Waals surface area contributed by atoms with Crippen molar-refractivity contribution in [3.63, 3.8) is 0 Å². The van der Waals surface area contributed by atoms with E-state index in [9.17, 15) is 9.59 Å². The van der Waals surface area contributed by atoms with Gasteiger partial charge in [0.05, 0.1) is 5.69 Å². The molecule has 1 aromatic carbocycles. The van der Waals surface area contributed by atoms with Crippen molar-refractivity contribution in [2.45, 2.75) is 36.6 Å². The average Bonchev–Trinajstić information content (AvgIpc) is 2.78. The van der Waals surface area contributed by atoms with Gasteiger partial charge in [-0.2, -0.15) is 4.68 Å². The molecular weight excluding hydrogens is 330 g/mol. The van der Waals surface area contributed by atoms with Crippen molar-refractivity contribution in [1.82, 2.24) is 9.78 Å². The molecule has 1 aliphatic heterocycles. The van der Waals surface area contributed by atoms with Crippen LogP contribution in [0.2, 0.25) is 0 Å². The van der Waals surface area contributed by atoms with Crippen molar-refractivity contribution in [2.24, 2.45) is 0 Å². The van der Waals surface area contributed by atoms with Gasteiger partial charge in [0, 0.05) is 23.8 Å². The summed E-state index contributed by atoms with van der Waals surface area (Å²) in [5, 5.41) is 4.41. The van der Waals surface area contributed by atoms with Crippen LogP contribution < -0.4 is 10.7 Å². The molecule has 1 aromatic heterocycles. The molecule has 1 aliphatic rings. The van der Waals surface area contributed by atoms with Crippen molar-refractivity contribution in [1.29, 1.82) is 0 Å². The minimum Gasteiger partial charge on any atom is -0.390 e. The topological polar surface area (TPSA) is 77.6 Å².